The molecule has 0 aromatic heterocycles. The number of rotatable bonds is 4. The minimum atomic E-state index is -5.51. The van der Waals surface area contributed by atoms with Gasteiger partial charge in [0, 0.05) is 0 Å². The van der Waals surface area contributed by atoms with E-state index in [1.54, 1.807) is 30.3 Å². The van der Waals surface area contributed by atoms with Gasteiger partial charge in [-0.1, -0.05) is 30.3 Å². The zero-order chi connectivity index (χ0) is 14.0. The summed E-state index contributed by atoms with van der Waals surface area (Å²) in [4.78, 5) is 0. The Hall–Kier alpha value is -0.863. The van der Waals surface area contributed by atoms with Gasteiger partial charge in [-0.05, 0) is 24.7 Å². The van der Waals surface area contributed by atoms with Crippen LogP contribution in [0.25, 0.3) is 0 Å². The predicted octanol–water partition coefficient (Wildman–Crippen LogP) is 2.84. The summed E-state index contributed by atoms with van der Waals surface area (Å²) in [5.41, 5.74) is -4.61. The van der Waals surface area contributed by atoms with Crippen LogP contribution in [0, 0.1) is 0 Å². The first-order valence-electron chi connectivity index (χ1n) is 5.09. The lowest BCUT2D eigenvalue weighted by molar-refractivity contribution is -0.0503. The molecule has 0 fully saturated rings. The monoisotopic (exact) mass is 298 g/mol. The van der Waals surface area contributed by atoms with Gasteiger partial charge in [-0.25, -0.2) is 0 Å². The molecule has 0 aliphatic heterocycles. The highest BCUT2D eigenvalue weighted by atomic mass is 32.2. The van der Waals surface area contributed by atoms with Gasteiger partial charge in [0.15, 0.2) is 0 Å². The minimum absolute atomic E-state index is 0.198. The quantitative estimate of drug-likeness (QED) is 0.634. The van der Waals surface area contributed by atoms with Gasteiger partial charge in [-0.2, -0.15) is 21.6 Å². The first-order valence-corrected chi connectivity index (χ1v) is 9.62. The van der Waals surface area contributed by atoms with E-state index in [1.807, 2.05) is 0 Å². The van der Waals surface area contributed by atoms with Gasteiger partial charge in [0.25, 0.3) is 0 Å². The zero-order valence-electron chi connectivity index (χ0n) is 9.86. The molecule has 0 saturated heterocycles. The largest absolute Gasteiger partial charge is 0.522 e. The molecule has 0 bridgehead atoms. The predicted molar refractivity (Wildman–Crippen MR) is 63.7 cm³/mol. The molecule has 0 heterocycles. The number of hydrogen-bond donors (Lipinski definition) is 0. The van der Waals surface area contributed by atoms with Gasteiger partial charge in [0.1, 0.15) is 0 Å². The van der Waals surface area contributed by atoms with Crippen LogP contribution in [-0.4, -0.2) is 22.2 Å². The number of halogens is 3. The number of alkyl halides is 3. The van der Waals surface area contributed by atoms with Crippen molar-refractivity contribution in [2.75, 3.05) is 0 Å². The highest BCUT2D eigenvalue weighted by Gasteiger charge is 2.50. The van der Waals surface area contributed by atoms with Crippen LogP contribution in [-0.2, 0) is 20.0 Å². The molecule has 102 valence electrons. The summed E-state index contributed by atoms with van der Waals surface area (Å²) >= 11 is 0. The van der Waals surface area contributed by atoms with E-state index in [0.717, 1.165) is 5.56 Å². The van der Waals surface area contributed by atoms with Crippen molar-refractivity contribution in [1.29, 1.82) is 0 Å². The molecule has 8 heteroatoms. The fourth-order valence-electron chi connectivity index (χ4n) is 1.46. The van der Waals surface area contributed by atoms with Gasteiger partial charge >= 0.3 is 15.6 Å². The van der Waals surface area contributed by atoms with E-state index in [-0.39, 0.29) is 6.04 Å². The molecule has 0 amide bonds. The summed E-state index contributed by atoms with van der Waals surface area (Å²) in [5.74, 6) is 0. The molecule has 1 aromatic rings. The van der Waals surface area contributed by atoms with Crippen molar-refractivity contribution in [1.82, 2.24) is 0 Å². The average Bonchev–Trinajstić information content (AvgIpc) is 2.14. The summed E-state index contributed by atoms with van der Waals surface area (Å²) in [6.07, 6.45) is 0. The second-order valence-corrected chi connectivity index (χ2v) is 10.3. The van der Waals surface area contributed by atoms with Gasteiger partial charge in [0.05, 0.1) is 0 Å². The summed E-state index contributed by atoms with van der Waals surface area (Å²) in [6.45, 7) is 2.87. The van der Waals surface area contributed by atoms with E-state index >= 15 is 0 Å². The maximum atomic E-state index is 12.2. The number of benzene rings is 1. The third kappa shape index (κ3) is 4.11. The van der Waals surface area contributed by atoms with Crippen molar-refractivity contribution in [3.63, 3.8) is 0 Å². The van der Waals surface area contributed by atoms with Crippen LogP contribution in [0.4, 0.5) is 13.2 Å². The zero-order valence-corrected chi connectivity index (χ0v) is 11.7. The highest BCUT2D eigenvalue weighted by molar-refractivity contribution is 7.88. The molecule has 3 nitrogen and oxygen atoms in total. The van der Waals surface area contributed by atoms with Crippen molar-refractivity contribution in [3.8, 4) is 0 Å². The fraction of sp³-hybridized carbons (Fsp3) is 0.400. The van der Waals surface area contributed by atoms with E-state index in [4.69, 9.17) is 0 Å². The smallest absolute Gasteiger partial charge is 0.308 e. The Kier molecular flexibility index (Phi) is 4.24. The molecule has 0 saturated carbocycles. The van der Waals surface area contributed by atoms with Crippen molar-refractivity contribution >= 4 is 18.4 Å². The standard InChI is InChI=1S/C10H13F3O3SSi/c1-18(2,8-9-6-4-3-5-7-9)16-17(14,15)10(11,12)13/h3-7H,8H2,1-2H3. The molecule has 0 radical (unpaired) electrons. The molecule has 0 aliphatic rings. The molecule has 0 N–H and O–H groups in total. The van der Waals surface area contributed by atoms with E-state index in [1.165, 1.54) is 13.1 Å². The number of hydrogen-bond acceptors (Lipinski definition) is 3. The fourth-order valence-corrected chi connectivity index (χ4v) is 5.67. The first-order chi connectivity index (χ1) is 8.04. The lowest BCUT2D eigenvalue weighted by atomic mass is 10.2. The first kappa shape index (κ1) is 15.2. The van der Waals surface area contributed by atoms with Crippen molar-refractivity contribution in [2.24, 2.45) is 0 Å². The average molecular weight is 298 g/mol. The summed E-state index contributed by atoms with van der Waals surface area (Å²) in [6, 6.07) is 8.88. The lowest BCUT2D eigenvalue weighted by Crippen LogP contribution is -2.41. The van der Waals surface area contributed by atoms with Crippen LogP contribution in [0.3, 0.4) is 0 Å². The molecule has 0 aliphatic carbocycles. The molecule has 1 aromatic carbocycles. The summed E-state index contributed by atoms with van der Waals surface area (Å²) < 4.78 is 62.9. The van der Waals surface area contributed by atoms with Gasteiger partial charge < -0.3 is 3.87 Å². The van der Waals surface area contributed by atoms with Crippen molar-refractivity contribution in [3.05, 3.63) is 35.9 Å². The third-order valence-corrected chi connectivity index (χ3v) is 6.60. The van der Waals surface area contributed by atoms with E-state index in [9.17, 15) is 21.6 Å². The maximum Gasteiger partial charge on any atom is 0.522 e. The molecule has 0 unspecified atom stereocenters. The Labute approximate surface area is 105 Å². The van der Waals surface area contributed by atoms with E-state index in [0.29, 0.717) is 0 Å². The van der Waals surface area contributed by atoms with Crippen LogP contribution < -0.4 is 0 Å². The SMILES string of the molecule is C[Si](C)(Cc1ccccc1)OS(=O)(=O)C(F)(F)F. The highest BCUT2D eigenvalue weighted by Crippen LogP contribution is 2.28. The molecular weight excluding hydrogens is 285 g/mol. The summed E-state index contributed by atoms with van der Waals surface area (Å²) in [7, 11) is -8.51. The van der Waals surface area contributed by atoms with Crippen molar-refractivity contribution in [2.45, 2.75) is 24.6 Å². The Morgan fingerprint density at radius 1 is 1.17 bits per heavy atom. The molecular formula is C10H13F3O3SSi. The Bertz CT molecular complexity index is 497. The Morgan fingerprint density at radius 3 is 2.11 bits per heavy atom. The second kappa shape index (κ2) is 5.02. The van der Waals surface area contributed by atoms with Crippen LogP contribution >= 0.6 is 0 Å². The van der Waals surface area contributed by atoms with Gasteiger partial charge in [0.2, 0.25) is 8.32 Å². The minimum Gasteiger partial charge on any atom is -0.308 e. The lowest BCUT2D eigenvalue weighted by Gasteiger charge is -2.22. The topological polar surface area (TPSA) is 43.4 Å². The van der Waals surface area contributed by atoms with E-state index in [2.05, 4.69) is 3.87 Å². The van der Waals surface area contributed by atoms with Gasteiger partial charge in [-0.15, -0.1) is 0 Å². The second-order valence-electron chi connectivity index (χ2n) is 4.41. The molecule has 18 heavy (non-hydrogen) atoms. The normalized spacial score (nSPS) is 13.6. The molecule has 1 rings (SSSR count). The third-order valence-electron chi connectivity index (χ3n) is 2.09. The Morgan fingerprint density at radius 2 is 1.67 bits per heavy atom. The maximum absolute atomic E-state index is 12.2. The van der Waals surface area contributed by atoms with Crippen LogP contribution in [0.2, 0.25) is 13.1 Å². The van der Waals surface area contributed by atoms with Crippen LogP contribution in [0.5, 0.6) is 0 Å². The van der Waals surface area contributed by atoms with E-state index < -0.39 is 23.9 Å². The molecule has 0 spiro atoms. The summed E-state index contributed by atoms with van der Waals surface area (Å²) in [5, 5.41) is 0. The molecule has 0 atom stereocenters. The Balaban J connectivity index is 2.84. The van der Waals surface area contributed by atoms with Gasteiger partial charge in [-0.3, -0.25) is 0 Å². The van der Waals surface area contributed by atoms with Crippen LogP contribution in [0.15, 0.2) is 30.3 Å². The van der Waals surface area contributed by atoms with Crippen molar-refractivity contribution < 1.29 is 25.5 Å². The van der Waals surface area contributed by atoms with Crippen LogP contribution in [0.1, 0.15) is 5.56 Å².